The first kappa shape index (κ1) is 15.4. The average Bonchev–Trinajstić information content (AvgIpc) is 2.49. The van der Waals surface area contributed by atoms with Crippen molar-refractivity contribution in [2.24, 2.45) is 0 Å². The fraction of sp³-hybridized carbons (Fsp3) is 0.214. The van der Waals surface area contributed by atoms with Crippen LogP contribution in [0, 0.1) is 10.1 Å². The lowest BCUT2D eigenvalue weighted by atomic mass is 10.2. The molecule has 6 nitrogen and oxygen atoms in total. The van der Waals surface area contributed by atoms with E-state index in [4.69, 9.17) is 4.74 Å². The monoisotopic (exact) mass is 352 g/mol. The molecule has 1 N–H and O–H groups in total. The quantitative estimate of drug-likeness (QED) is 0.649. The normalized spacial score (nSPS) is 12.0. The second-order valence-corrected chi connectivity index (χ2v) is 5.17. The lowest BCUT2D eigenvalue weighted by Crippen LogP contribution is -1.98. The van der Waals surface area contributed by atoms with Gasteiger partial charge in [-0.15, -0.1) is 0 Å². The van der Waals surface area contributed by atoms with E-state index >= 15 is 0 Å². The molecule has 2 aromatic rings. The van der Waals surface area contributed by atoms with Crippen LogP contribution in [0.4, 0.5) is 5.69 Å². The third-order valence-electron chi connectivity index (χ3n) is 2.84. The summed E-state index contributed by atoms with van der Waals surface area (Å²) in [5.74, 6) is 0.762. The van der Waals surface area contributed by atoms with Crippen molar-refractivity contribution in [1.29, 1.82) is 0 Å². The molecule has 0 radical (unpaired) electrons. The van der Waals surface area contributed by atoms with Crippen molar-refractivity contribution in [2.75, 3.05) is 0 Å². The Labute approximate surface area is 129 Å². The number of halogens is 1. The van der Waals surface area contributed by atoms with Crippen LogP contribution in [0.2, 0.25) is 0 Å². The van der Waals surface area contributed by atoms with E-state index < -0.39 is 11.0 Å². The first-order valence-electron chi connectivity index (χ1n) is 6.27. The van der Waals surface area contributed by atoms with Crippen LogP contribution in [-0.4, -0.2) is 15.0 Å². The van der Waals surface area contributed by atoms with Gasteiger partial charge < -0.3 is 9.84 Å². The van der Waals surface area contributed by atoms with Gasteiger partial charge in [-0.2, -0.15) is 0 Å². The van der Waals surface area contributed by atoms with E-state index in [2.05, 4.69) is 20.9 Å². The van der Waals surface area contributed by atoms with Gasteiger partial charge in [-0.05, 0) is 40.5 Å². The number of hydrogen-bond donors (Lipinski definition) is 1. The largest absolute Gasteiger partial charge is 0.454 e. The van der Waals surface area contributed by atoms with Gasteiger partial charge in [0.15, 0.2) is 0 Å². The van der Waals surface area contributed by atoms with E-state index in [1.54, 1.807) is 18.2 Å². The summed E-state index contributed by atoms with van der Waals surface area (Å²) in [5.41, 5.74) is 0.502. The molecule has 7 heteroatoms. The summed E-state index contributed by atoms with van der Waals surface area (Å²) in [6.45, 7) is 1.86. The number of rotatable bonds is 5. The molecule has 1 heterocycles. The molecule has 1 aromatic carbocycles. The summed E-state index contributed by atoms with van der Waals surface area (Å²) >= 11 is 3.28. The summed E-state index contributed by atoms with van der Waals surface area (Å²) in [6, 6.07) is 7.59. The van der Waals surface area contributed by atoms with Gasteiger partial charge >= 0.3 is 0 Å². The fourth-order valence-corrected chi connectivity index (χ4v) is 2.00. The topological polar surface area (TPSA) is 85.5 Å². The van der Waals surface area contributed by atoms with Crippen LogP contribution < -0.4 is 4.74 Å². The van der Waals surface area contributed by atoms with Crippen molar-refractivity contribution < 1.29 is 14.8 Å². The fourth-order valence-electron chi connectivity index (χ4n) is 1.67. The van der Waals surface area contributed by atoms with Crippen molar-refractivity contribution in [3.05, 3.63) is 56.8 Å². The molecule has 0 unspecified atom stereocenters. The maximum atomic E-state index is 10.8. The van der Waals surface area contributed by atoms with Gasteiger partial charge in [-0.3, -0.25) is 15.1 Å². The molecule has 0 amide bonds. The molecule has 0 saturated carbocycles. The zero-order valence-electron chi connectivity index (χ0n) is 11.2. The first-order chi connectivity index (χ1) is 10.0. The summed E-state index contributed by atoms with van der Waals surface area (Å²) in [6.07, 6.45) is 1.44. The van der Waals surface area contributed by atoms with Crippen molar-refractivity contribution in [2.45, 2.75) is 19.4 Å². The first-order valence-corrected chi connectivity index (χ1v) is 7.06. The Hall–Kier alpha value is -1.99. The van der Waals surface area contributed by atoms with Gasteiger partial charge in [0.25, 0.3) is 5.69 Å². The number of pyridine rings is 1. The minimum absolute atomic E-state index is 0.0563. The van der Waals surface area contributed by atoms with E-state index in [9.17, 15) is 15.2 Å². The van der Waals surface area contributed by atoms with Gasteiger partial charge in [0.05, 0.1) is 33.5 Å². The van der Waals surface area contributed by atoms with Crippen LogP contribution in [0.3, 0.4) is 0 Å². The Morgan fingerprint density at radius 1 is 1.43 bits per heavy atom. The Balaban J connectivity index is 2.22. The lowest BCUT2D eigenvalue weighted by Gasteiger charge is -2.10. The number of hydrogen-bond acceptors (Lipinski definition) is 5. The van der Waals surface area contributed by atoms with E-state index in [1.807, 2.05) is 6.92 Å². The Morgan fingerprint density at radius 3 is 2.76 bits per heavy atom. The molecule has 0 aliphatic carbocycles. The highest BCUT2D eigenvalue weighted by molar-refractivity contribution is 9.10. The third-order valence-corrected chi connectivity index (χ3v) is 3.50. The smallest absolute Gasteiger partial charge is 0.273 e. The van der Waals surface area contributed by atoms with Crippen molar-refractivity contribution in [1.82, 2.24) is 4.98 Å². The molecule has 0 aliphatic rings. The average molecular weight is 353 g/mol. The van der Waals surface area contributed by atoms with Gasteiger partial charge in [-0.1, -0.05) is 6.92 Å². The lowest BCUT2D eigenvalue weighted by molar-refractivity contribution is -0.384. The molecule has 0 spiro atoms. The Morgan fingerprint density at radius 2 is 2.19 bits per heavy atom. The second kappa shape index (κ2) is 6.64. The summed E-state index contributed by atoms with van der Waals surface area (Å²) in [4.78, 5) is 14.4. The van der Waals surface area contributed by atoms with E-state index in [0.717, 1.165) is 0 Å². The minimum atomic E-state index is -0.608. The number of aliphatic hydroxyl groups excluding tert-OH is 1. The molecule has 1 atom stereocenters. The predicted molar refractivity (Wildman–Crippen MR) is 80.4 cm³/mol. The van der Waals surface area contributed by atoms with E-state index in [-0.39, 0.29) is 5.69 Å². The molecule has 0 bridgehead atoms. The standard InChI is InChI=1S/C14H13BrN2O4/c1-2-13(18)12-6-4-10(8-16-12)21-14-7-9(17(19)20)3-5-11(14)15/h3-8,13,18H,2H2,1H3/t13-/m0/s1. The molecule has 21 heavy (non-hydrogen) atoms. The van der Waals surface area contributed by atoms with Crippen LogP contribution in [0.25, 0.3) is 0 Å². The number of nitro groups is 1. The number of benzene rings is 1. The van der Waals surface area contributed by atoms with Crippen LogP contribution in [0.5, 0.6) is 11.5 Å². The summed E-state index contributed by atoms with van der Waals surface area (Å²) in [5, 5.41) is 20.4. The molecule has 110 valence electrons. The van der Waals surface area contributed by atoms with Crippen molar-refractivity contribution >= 4 is 21.6 Å². The molecular formula is C14H13BrN2O4. The van der Waals surface area contributed by atoms with Crippen LogP contribution in [0.1, 0.15) is 25.1 Å². The summed E-state index contributed by atoms with van der Waals surface area (Å²) < 4.78 is 6.18. The zero-order valence-corrected chi connectivity index (χ0v) is 12.8. The summed E-state index contributed by atoms with van der Waals surface area (Å²) in [7, 11) is 0. The highest BCUT2D eigenvalue weighted by Gasteiger charge is 2.12. The molecule has 0 fully saturated rings. The van der Waals surface area contributed by atoms with Crippen molar-refractivity contribution in [3.63, 3.8) is 0 Å². The molecule has 0 saturated heterocycles. The minimum Gasteiger partial charge on any atom is -0.454 e. The second-order valence-electron chi connectivity index (χ2n) is 4.32. The Kier molecular flexibility index (Phi) is 4.87. The number of ether oxygens (including phenoxy) is 1. The molecular weight excluding hydrogens is 340 g/mol. The number of non-ortho nitro benzene ring substituents is 1. The van der Waals surface area contributed by atoms with E-state index in [0.29, 0.717) is 28.1 Å². The van der Waals surface area contributed by atoms with Crippen molar-refractivity contribution in [3.8, 4) is 11.5 Å². The van der Waals surface area contributed by atoms with E-state index in [1.165, 1.54) is 18.3 Å². The SMILES string of the molecule is CC[C@H](O)c1ccc(Oc2cc([N+](=O)[O-])ccc2Br)cn1. The molecule has 1 aromatic heterocycles. The highest BCUT2D eigenvalue weighted by Crippen LogP contribution is 2.33. The zero-order chi connectivity index (χ0) is 15.4. The number of aromatic nitrogens is 1. The van der Waals surface area contributed by atoms with Gasteiger partial charge in [0.1, 0.15) is 11.5 Å². The highest BCUT2D eigenvalue weighted by atomic mass is 79.9. The van der Waals surface area contributed by atoms with Gasteiger partial charge in [0.2, 0.25) is 0 Å². The Bertz CT molecular complexity index is 646. The van der Waals surface area contributed by atoms with Gasteiger partial charge in [0, 0.05) is 6.07 Å². The molecule has 0 aliphatic heterocycles. The maximum Gasteiger partial charge on any atom is 0.273 e. The number of nitro benzene ring substituents is 1. The third kappa shape index (κ3) is 3.77. The van der Waals surface area contributed by atoms with Crippen LogP contribution in [0.15, 0.2) is 41.0 Å². The van der Waals surface area contributed by atoms with Crippen LogP contribution >= 0.6 is 15.9 Å². The maximum absolute atomic E-state index is 10.8. The predicted octanol–water partition coefficient (Wildman–Crippen LogP) is 3.99. The van der Waals surface area contributed by atoms with Gasteiger partial charge in [-0.25, -0.2) is 0 Å². The number of aliphatic hydroxyl groups is 1. The van der Waals surface area contributed by atoms with Crippen LogP contribution in [-0.2, 0) is 0 Å². The molecule has 2 rings (SSSR count). The number of nitrogens with zero attached hydrogens (tertiary/aromatic N) is 2.